The number of hydrogen-bond acceptors (Lipinski definition) is 6. The van der Waals surface area contributed by atoms with E-state index >= 15 is 0 Å². The number of ether oxygens (including phenoxy) is 3. The van der Waals surface area contributed by atoms with Gasteiger partial charge in [-0.25, -0.2) is 9.97 Å². The molecule has 2 heterocycles. The first kappa shape index (κ1) is 19.6. The molecule has 1 aliphatic rings. The van der Waals surface area contributed by atoms with Crippen LogP contribution in [0.3, 0.4) is 0 Å². The van der Waals surface area contributed by atoms with Crippen molar-refractivity contribution < 1.29 is 14.2 Å². The van der Waals surface area contributed by atoms with Crippen molar-refractivity contribution in [2.45, 2.75) is 12.8 Å². The third-order valence-corrected chi connectivity index (χ3v) is 5.24. The average molecular weight is 393 g/mol. The van der Waals surface area contributed by atoms with E-state index in [-0.39, 0.29) is 0 Å². The molecule has 1 aromatic heterocycles. The third kappa shape index (κ3) is 4.49. The molecule has 0 atom stereocenters. The zero-order valence-corrected chi connectivity index (χ0v) is 17.1. The molecule has 0 radical (unpaired) electrons. The van der Waals surface area contributed by atoms with Crippen molar-refractivity contribution in [1.82, 2.24) is 9.97 Å². The van der Waals surface area contributed by atoms with Crippen molar-refractivity contribution in [3.8, 4) is 17.0 Å². The van der Waals surface area contributed by atoms with Crippen molar-refractivity contribution in [2.24, 2.45) is 0 Å². The second-order valence-electron chi connectivity index (χ2n) is 7.14. The number of nitrogens with zero attached hydrogens (tertiary/aromatic N) is 3. The number of methoxy groups -OCH3 is 2. The van der Waals surface area contributed by atoms with Gasteiger partial charge in [-0.3, -0.25) is 0 Å². The van der Waals surface area contributed by atoms with Gasteiger partial charge in [0.1, 0.15) is 11.6 Å². The number of aryl methyl sites for hydroxylation is 1. The van der Waals surface area contributed by atoms with E-state index < -0.39 is 0 Å². The summed E-state index contributed by atoms with van der Waals surface area (Å²) in [5.74, 6) is 1.71. The summed E-state index contributed by atoms with van der Waals surface area (Å²) < 4.78 is 16.2. The van der Waals surface area contributed by atoms with Crippen LogP contribution in [0.25, 0.3) is 22.0 Å². The molecule has 4 rings (SSSR count). The number of morpholine rings is 1. The lowest BCUT2D eigenvalue weighted by atomic mass is 10.0. The highest BCUT2D eigenvalue weighted by Gasteiger charge is 2.17. The predicted molar refractivity (Wildman–Crippen MR) is 115 cm³/mol. The molecule has 6 nitrogen and oxygen atoms in total. The number of hydrogen-bond donors (Lipinski definition) is 0. The minimum atomic E-state index is 0.715. The van der Waals surface area contributed by atoms with Gasteiger partial charge in [0.05, 0.1) is 26.0 Å². The lowest BCUT2D eigenvalue weighted by Gasteiger charge is -2.30. The summed E-state index contributed by atoms with van der Waals surface area (Å²) in [5, 5.41) is 2.36. The fraction of sp³-hybridized carbons (Fsp3) is 0.391. The molecule has 1 aliphatic heterocycles. The Morgan fingerprint density at radius 1 is 1.07 bits per heavy atom. The maximum Gasteiger partial charge on any atom is 0.129 e. The van der Waals surface area contributed by atoms with Crippen molar-refractivity contribution in [1.29, 1.82) is 0 Å². The Morgan fingerprint density at radius 3 is 2.72 bits per heavy atom. The van der Waals surface area contributed by atoms with E-state index in [0.29, 0.717) is 6.61 Å². The second-order valence-corrected chi connectivity index (χ2v) is 7.14. The summed E-state index contributed by atoms with van der Waals surface area (Å²) in [7, 11) is 3.42. The Kier molecular flexibility index (Phi) is 6.22. The molecule has 0 spiro atoms. The van der Waals surface area contributed by atoms with Crippen LogP contribution in [0.1, 0.15) is 12.2 Å². The molecule has 1 fully saturated rings. The van der Waals surface area contributed by atoms with Gasteiger partial charge in [0.25, 0.3) is 0 Å². The van der Waals surface area contributed by atoms with E-state index in [1.54, 1.807) is 14.2 Å². The fourth-order valence-electron chi connectivity index (χ4n) is 3.71. The molecule has 0 saturated carbocycles. The van der Waals surface area contributed by atoms with Crippen molar-refractivity contribution in [3.63, 3.8) is 0 Å². The zero-order valence-electron chi connectivity index (χ0n) is 17.1. The highest BCUT2D eigenvalue weighted by atomic mass is 16.5. The lowest BCUT2D eigenvalue weighted by molar-refractivity contribution is 0.123. The highest BCUT2D eigenvalue weighted by Crippen LogP contribution is 2.35. The van der Waals surface area contributed by atoms with Crippen molar-refractivity contribution in [2.75, 3.05) is 52.0 Å². The van der Waals surface area contributed by atoms with Crippen LogP contribution in [0.2, 0.25) is 0 Å². The van der Waals surface area contributed by atoms with Gasteiger partial charge in [-0.05, 0) is 42.1 Å². The monoisotopic (exact) mass is 393 g/mol. The third-order valence-electron chi connectivity index (χ3n) is 5.24. The van der Waals surface area contributed by atoms with Gasteiger partial charge < -0.3 is 19.1 Å². The van der Waals surface area contributed by atoms with Crippen LogP contribution < -0.4 is 9.64 Å². The first-order valence-electron chi connectivity index (χ1n) is 10.0. The van der Waals surface area contributed by atoms with Gasteiger partial charge in [-0.1, -0.05) is 6.07 Å². The largest absolute Gasteiger partial charge is 0.497 e. The van der Waals surface area contributed by atoms with Crippen LogP contribution in [-0.4, -0.2) is 57.1 Å². The van der Waals surface area contributed by atoms with Crippen LogP contribution in [0, 0.1) is 0 Å². The number of benzene rings is 2. The van der Waals surface area contributed by atoms with Gasteiger partial charge in [-0.15, -0.1) is 0 Å². The van der Waals surface area contributed by atoms with E-state index in [2.05, 4.69) is 34.1 Å². The molecule has 2 aromatic carbocycles. The summed E-state index contributed by atoms with van der Waals surface area (Å²) >= 11 is 0. The molecule has 1 saturated heterocycles. The normalized spacial score (nSPS) is 14.3. The standard InChI is InChI=1S/C23H27N3O3/c1-27-11-3-4-23-24-8-7-21(25-23)18-14-17-5-6-19(28-2)16-20(17)22(15-18)26-9-12-29-13-10-26/h5-8,14-16H,3-4,9-13H2,1-2H3. The fourth-order valence-corrected chi connectivity index (χ4v) is 3.71. The zero-order chi connectivity index (χ0) is 20.1. The molecule has 6 heteroatoms. The van der Waals surface area contributed by atoms with Crippen LogP contribution >= 0.6 is 0 Å². The van der Waals surface area contributed by atoms with E-state index in [1.807, 2.05) is 18.3 Å². The molecule has 0 N–H and O–H groups in total. The summed E-state index contributed by atoms with van der Waals surface area (Å²) in [6.07, 6.45) is 3.57. The molecule has 3 aromatic rings. The first-order chi connectivity index (χ1) is 14.3. The summed E-state index contributed by atoms with van der Waals surface area (Å²) in [6, 6.07) is 12.6. The quantitative estimate of drug-likeness (QED) is 0.570. The first-order valence-corrected chi connectivity index (χ1v) is 10.0. The maximum absolute atomic E-state index is 5.56. The van der Waals surface area contributed by atoms with Gasteiger partial charge in [0.2, 0.25) is 0 Å². The number of rotatable bonds is 7. The van der Waals surface area contributed by atoms with Gasteiger partial charge in [0, 0.05) is 56.1 Å². The van der Waals surface area contributed by atoms with E-state index in [0.717, 1.165) is 62.0 Å². The minimum absolute atomic E-state index is 0.715. The van der Waals surface area contributed by atoms with Gasteiger partial charge in [0.15, 0.2) is 0 Å². The maximum atomic E-state index is 5.56. The summed E-state index contributed by atoms with van der Waals surface area (Å²) in [4.78, 5) is 11.6. The van der Waals surface area contributed by atoms with Gasteiger partial charge in [-0.2, -0.15) is 0 Å². The minimum Gasteiger partial charge on any atom is -0.497 e. The van der Waals surface area contributed by atoms with Crippen molar-refractivity contribution >= 4 is 16.5 Å². The van der Waals surface area contributed by atoms with Crippen molar-refractivity contribution in [3.05, 3.63) is 48.4 Å². The Labute approximate surface area is 171 Å². The van der Waals surface area contributed by atoms with E-state index in [1.165, 1.54) is 16.5 Å². The van der Waals surface area contributed by atoms with Gasteiger partial charge >= 0.3 is 0 Å². The molecule has 0 unspecified atom stereocenters. The number of aromatic nitrogens is 2. The second kappa shape index (κ2) is 9.20. The van der Waals surface area contributed by atoms with Crippen LogP contribution in [0.5, 0.6) is 5.75 Å². The smallest absolute Gasteiger partial charge is 0.129 e. The summed E-state index contributed by atoms with van der Waals surface area (Å²) in [5.41, 5.74) is 3.23. The summed E-state index contributed by atoms with van der Waals surface area (Å²) in [6.45, 7) is 3.95. The molecule has 152 valence electrons. The Balaban J connectivity index is 1.76. The topological polar surface area (TPSA) is 56.7 Å². The lowest BCUT2D eigenvalue weighted by Crippen LogP contribution is -2.36. The van der Waals surface area contributed by atoms with Crippen LogP contribution in [-0.2, 0) is 15.9 Å². The molecular weight excluding hydrogens is 366 g/mol. The van der Waals surface area contributed by atoms with E-state index in [4.69, 9.17) is 19.2 Å². The number of anilines is 1. The molecular formula is C23H27N3O3. The predicted octanol–water partition coefficient (Wildman–Crippen LogP) is 3.72. The number of fused-ring (bicyclic) bond motifs is 1. The molecule has 29 heavy (non-hydrogen) atoms. The average Bonchev–Trinajstić information content (AvgIpc) is 2.79. The Bertz CT molecular complexity index is 971. The highest BCUT2D eigenvalue weighted by molar-refractivity contribution is 5.98. The van der Waals surface area contributed by atoms with Crippen LogP contribution in [0.15, 0.2) is 42.6 Å². The Morgan fingerprint density at radius 2 is 1.93 bits per heavy atom. The molecule has 0 aliphatic carbocycles. The van der Waals surface area contributed by atoms with E-state index in [9.17, 15) is 0 Å². The molecule has 0 bridgehead atoms. The SMILES string of the molecule is COCCCc1nccc(-c2cc(N3CCOCC3)c3cc(OC)ccc3c2)n1. The Hall–Kier alpha value is -2.70. The molecule has 0 amide bonds. The van der Waals surface area contributed by atoms with Crippen LogP contribution in [0.4, 0.5) is 5.69 Å².